The fourth-order valence-electron chi connectivity index (χ4n) is 1.41. The third kappa shape index (κ3) is 1.65. The fourth-order valence-corrected chi connectivity index (χ4v) is 1.75. The smallest absolute Gasteiger partial charge is 0.297 e. The van der Waals surface area contributed by atoms with Gasteiger partial charge in [0.25, 0.3) is 6.01 Å². The molecule has 0 aromatic carbocycles. The monoisotopic (exact) mass is 224 g/mol. The van der Waals surface area contributed by atoms with Crippen LogP contribution in [0.5, 0.6) is 6.01 Å². The molecule has 0 aliphatic carbocycles. The summed E-state index contributed by atoms with van der Waals surface area (Å²) in [6.07, 6.45) is 3.59. The Morgan fingerprint density at radius 1 is 1.40 bits per heavy atom. The van der Waals surface area contributed by atoms with Gasteiger partial charge >= 0.3 is 0 Å². The number of hydrogen-bond acceptors (Lipinski definition) is 5. The highest BCUT2D eigenvalue weighted by atomic mass is 32.2. The van der Waals surface area contributed by atoms with Gasteiger partial charge in [-0.2, -0.15) is 4.98 Å². The number of fused-ring (bicyclic) bond motifs is 1. The molecule has 0 fully saturated rings. The van der Waals surface area contributed by atoms with Crippen molar-refractivity contribution in [3.05, 3.63) is 6.20 Å². The molecule has 0 aliphatic heterocycles. The molecule has 2 heterocycles. The Bertz CT molecular complexity index is 494. The molecule has 15 heavy (non-hydrogen) atoms. The molecule has 2 rings (SSSR count). The molecule has 0 saturated heterocycles. The fraction of sp³-hybridized carbons (Fsp3) is 0.444. The number of nitrogens with zero attached hydrogens (tertiary/aromatic N) is 4. The quantitative estimate of drug-likeness (QED) is 0.788. The Kier molecular flexibility index (Phi) is 2.52. The predicted octanol–water partition coefficient (Wildman–Crippen LogP) is 1.83. The standard InChI is InChI=1S/C9H12N4OS/c1-5(2)13-8-7(12-9(13)14)10-4-6(11-8)15-3/h4-5H,1-3H3,(H,10,12,14). The van der Waals surface area contributed by atoms with Gasteiger partial charge in [0, 0.05) is 6.04 Å². The molecule has 0 unspecified atom stereocenters. The second-order valence-electron chi connectivity index (χ2n) is 3.44. The molecule has 5 nitrogen and oxygen atoms in total. The van der Waals surface area contributed by atoms with Crippen LogP contribution in [-0.4, -0.2) is 30.9 Å². The van der Waals surface area contributed by atoms with Gasteiger partial charge in [0.2, 0.25) is 5.65 Å². The minimum absolute atomic E-state index is 0.0294. The number of rotatable bonds is 2. The summed E-state index contributed by atoms with van der Waals surface area (Å²) in [5.41, 5.74) is 1.12. The van der Waals surface area contributed by atoms with Crippen LogP contribution < -0.4 is 0 Å². The maximum atomic E-state index is 9.63. The minimum Gasteiger partial charge on any atom is -0.480 e. The average molecular weight is 224 g/mol. The molecule has 0 amide bonds. The summed E-state index contributed by atoms with van der Waals surface area (Å²) < 4.78 is 1.67. The SMILES string of the molecule is CSc1cnc2nc(O)n(C(C)C)c2n1. The highest BCUT2D eigenvalue weighted by Crippen LogP contribution is 2.23. The normalized spacial score (nSPS) is 11.5. The van der Waals surface area contributed by atoms with Crippen molar-refractivity contribution < 1.29 is 5.11 Å². The molecule has 80 valence electrons. The largest absolute Gasteiger partial charge is 0.480 e. The molecule has 0 atom stereocenters. The molecule has 0 radical (unpaired) electrons. The summed E-state index contributed by atoms with van der Waals surface area (Å²) in [5, 5.41) is 10.5. The van der Waals surface area contributed by atoms with Gasteiger partial charge in [-0.15, -0.1) is 11.8 Å². The topological polar surface area (TPSA) is 63.8 Å². The minimum atomic E-state index is -0.0294. The lowest BCUT2D eigenvalue weighted by Gasteiger charge is -2.07. The van der Waals surface area contributed by atoms with Crippen LogP contribution in [0.2, 0.25) is 0 Å². The lowest BCUT2D eigenvalue weighted by Crippen LogP contribution is -2.01. The van der Waals surface area contributed by atoms with E-state index in [1.165, 1.54) is 11.8 Å². The van der Waals surface area contributed by atoms with Crippen LogP contribution in [0.4, 0.5) is 0 Å². The first kappa shape index (κ1) is 10.2. The van der Waals surface area contributed by atoms with Crippen molar-refractivity contribution in [2.24, 2.45) is 0 Å². The summed E-state index contributed by atoms with van der Waals surface area (Å²) in [7, 11) is 0. The third-order valence-electron chi connectivity index (χ3n) is 2.09. The number of aromatic hydroxyl groups is 1. The van der Waals surface area contributed by atoms with E-state index < -0.39 is 0 Å². The van der Waals surface area contributed by atoms with Crippen molar-refractivity contribution in [3.63, 3.8) is 0 Å². The molecule has 0 aliphatic rings. The van der Waals surface area contributed by atoms with Crippen molar-refractivity contribution in [2.75, 3.05) is 6.26 Å². The average Bonchev–Trinajstić information content (AvgIpc) is 2.52. The lowest BCUT2D eigenvalue weighted by atomic mass is 10.4. The van der Waals surface area contributed by atoms with E-state index in [0.29, 0.717) is 11.3 Å². The van der Waals surface area contributed by atoms with Crippen LogP contribution in [0.1, 0.15) is 19.9 Å². The van der Waals surface area contributed by atoms with Gasteiger partial charge in [-0.25, -0.2) is 9.97 Å². The summed E-state index contributed by atoms with van der Waals surface area (Å²) in [5.74, 6) is 0. The van der Waals surface area contributed by atoms with Gasteiger partial charge in [-0.05, 0) is 20.1 Å². The third-order valence-corrected chi connectivity index (χ3v) is 2.70. The Morgan fingerprint density at radius 2 is 2.13 bits per heavy atom. The Hall–Kier alpha value is -1.30. The van der Waals surface area contributed by atoms with E-state index in [2.05, 4.69) is 15.0 Å². The Morgan fingerprint density at radius 3 is 2.73 bits per heavy atom. The van der Waals surface area contributed by atoms with E-state index in [4.69, 9.17) is 0 Å². The van der Waals surface area contributed by atoms with Crippen LogP contribution in [0.15, 0.2) is 11.2 Å². The molecule has 0 saturated carbocycles. The highest BCUT2D eigenvalue weighted by Gasteiger charge is 2.14. The van der Waals surface area contributed by atoms with E-state index in [9.17, 15) is 5.11 Å². The molecule has 2 aromatic rings. The van der Waals surface area contributed by atoms with Gasteiger partial charge in [0.1, 0.15) is 5.03 Å². The second kappa shape index (κ2) is 3.69. The highest BCUT2D eigenvalue weighted by molar-refractivity contribution is 7.98. The van der Waals surface area contributed by atoms with Crippen LogP contribution in [-0.2, 0) is 0 Å². The van der Waals surface area contributed by atoms with Crippen LogP contribution >= 0.6 is 11.8 Å². The Labute approximate surface area is 91.6 Å². The van der Waals surface area contributed by atoms with Crippen molar-refractivity contribution in [1.82, 2.24) is 19.5 Å². The molecule has 1 N–H and O–H groups in total. The van der Waals surface area contributed by atoms with Crippen molar-refractivity contribution in [1.29, 1.82) is 0 Å². The van der Waals surface area contributed by atoms with Crippen LogP contribution in [0.25, 0.3) is 11.3 Å². The lowest BCUT2D eigenvalue weighted by molar-refractivity contribution is 0.387. The summed E-state index contributed by atoms with van der Waals surface area (Å²) in [4.78, 5) is 12.5. The molecule has 6 heteroatoms. The summed E-state index contributed by atoms with van der Waals surface area (Å²) >= 11 is 1.52. The zero-order chi connectivity index (χ0) is 11.0. The van der Waals surface area contributed by atoms with Gasteiger partial charge < -0.3 is 5.11 Å². The predicted molar refractivity (Wildman–Crippen MR) is 59.2 cm³/mol. The molecule has 0 bridgehead atoms. The molecular weight excluding hydrogens is 212 g/mol. The van der Waals surface area contributed by atoms with Crippen molar-refractivity contribution >= 4 is 23.1 Å². The van der Waals surface area contributed by atoms with Crippen LogP contribution in [0.3, 0.4) is 0 Å². The molecule has 0 spiro atoms. The summed E-state index contributed by atoms with van der Waals surface area (Å²) in [6.45, 7) is 3.93. The van der Waals surface area contributed by atoms with E-state index in [1.807, 2.05) is 20.1 Å². The van der Waals surface area contributed by atoms with E-state index in [-0.39, 0.29) is 12.1 Å². The molecular formula is C9H12N4OS. The number of aromatic nitrogens is 4. The van der Waals surface area contributed by atoms with Crippen molar-refractivity contribution in [2.45, 2.75) is 24.9 Å². The van der Waals surface area contributed by atoms with Gasteiger partial charge in [0.15, 0.2) is 5.65 Å². The van der Waals surface area contributed by atoms with Gasteiger partial charge in [-0.3, -0.25) is 4.57 Å². The first-order valence-electron chi connectivity index (χ1n) is 4.61. The second-order valence-corrected chi connectivity index (χ2v) is 4.26. The zero-order valence-corrected chi connectivity index (χ0v) is 9.62. The Balaban J connectivity index is 2.72. The maximum absolute atomic E-state index is 9.63. The number of imidazole rings is 1. The first-order valence-corrected chi connectivity index (χ1v) is 5.84. The van der Waals surface area contributed by atoms with Gasteiger partial charge in [0.05, 0.1) is 6.20 Å². The summed E-state index contributed by atoms with van der Waals surface area (Å²) in [6, 6.07) is 0.0830. The number of thioether (sulfide) groups is 1. The maximum Gasteiger partial charge on any atom is 0.297 e. The number of hydrogen-bond donors (Lipinski definition) is 1. The molecule has 2 aromatic heterocycles. The van der Waals surface area contributed by atoms with E-state index in [0.717, 1.165) is 5.03 Å². The first-order chi connectivity index (χ1) is 7.13. The van der Waals surface area contributed by atoms with E-state index in [1.54, 1.807) is 10.8 Å². The van der Waals surface area contributed by atoms with Crippen molar-refractivity contribution in [3.8, 4) is 6.01 Å². The van der Waals surface area contributed by atoms with Crippen LogP contribution in [0, 0.1) is 0 Å². The van der Waals surface area contributed by atoms with E-state index >= 15 is 0 Å². The van der Waals surface area contributed by atoms with Gasteiger partial charge in [-0.1, -0.05) is 0 Å². The zero-order valence-electron chi connectivity index (χ0n) is 8.80.